The molecule has 0 atom stereocenters. The third-order valence-corrected chi connectivity index (χ3v) is 1.88. The molecular formula is C11H9FN2O. The topological polar surface area (TPSA) is 35.0 Å². The highest BCUT2D eigenvalue weighted by molar-refractivity contribution is 5.29. The van der Waals surface area contributed by atoms with Crippen LogP contribution in [0.2, 0.25) is 0 Å². The molecule has 1 aromatic heterocycles. The van der Waals surface area contributed by atoms with E-state index in [1.54, 1.807) is 31.3 Å². The highest BCUT2D eigenvalue weighted by Crippen LogP contribution is 2.23. The van der Waals surface area contributed by atoms with Gasteiger partial charge in [-0.1, -0.05) is 12.1 Å². The molecule has 0 amide bonds. The zero-order valence-electron chi connectivity index (χ0n) is 8.14. The second-order valence-electron chi connectivity index (χ2n) is 2.98. The van der Waals surface area contributed by atoms with Crippen molar-refractivity contribution in [3.63, 3.8) is 0 Å². The minimum absolute atomic E-state index is 0.154. The lowest BCUT2D eigenvalue weighted by Crippen LogP contribution is -1.94. The number of rotatable bonds is 2. The first-order valence-electron chi connectivity index (χ1n) is 4.47. The van der Waals surface area contributed by atoms with E-state index < -0.39 is 5.82 Å². The molecule has 0 spiro atoms. The fraction of sp³-hybridized carbons (Fsp3) is 0.0909. The summed E-state index contributed by atoms with van der Waals surface area (Å²) in [5, 5.41) is 0. The molecule has 15 heavy (non-hydrogen) atoms. The Morgan fingerprint density at radius 3 is 2.60 bits per heavy atom. The Kier molecular flexibility index (Phi) is 2.58. The average molecular weight is 204 g/mol. The van der Waals surface area contributed by atoms with Crippen LogP contribution in [-0.2, 0) is 0 Å². The van der Waals surface area contributed by atoms with Crippen LogP contribution in [0.3, 0.4) is 0 Å². The molecule has 0 N–H and O–H groups in total. The molecule has 2 aromatic rings. The van der Waals surface area contributed by atoms with Crippen molar-refractivity contribution in [1.82, 2.24) is 9.97 Å². The SMILES string of the molecule is Cc1nccnc1Oc1ccccc1F. The lowest BCUT2D eigenvalue weighted by Gasteiger charge is -2.06. The Bertz CT molecular complexity index is 430. The summed E-state index contributed by atoms with van der Waals surface area (Å²) in [5.41, 5.74) is 0.626. The Hall–Kier alpha value is -1.97. The molecule has 2 rings (SSSR count). The van der Waals surface area contributed by atoms with Gasteiger partial charge in [0.15, 0.2) is 11.6 Å². The van der Waals surface area contributed by atoms with E-state index in [0.717, 1.165) is 0 Å². The zero-order chi connectivity index (χ0) is 10.7. The second-order valence-corrected chi connectivity index (χ2v) is 2.98. The molecule has 3 nitrogen and oxygen atoms in total. The fourth-order valence-electron chi connectivity index (χ4n) is 1.13. The van der Waals surface area contributed by atoms with E-state index in [4.69, 9.17) is 4.74 Å². The molecule has 0 aliphatic heterocycles. The number of ether oxygens (including phenoxy) is 1. The monoisotopic (exact) mass is 204 g/mol. The Labute approximate surface area is 86.6 Å². The summed E-state index contributed by atoms with van der Waals surface area (Å²) in [7, 11) is 0. The van der Waals surface area contributed by atoms with E-state index in [1.165, 1.54) is 12.3 Å². The molecule has 0 aliphatic rings. The second kappa shape index (κ2) is 4.04. The quantitative estimate of drug-likeness (QED) is 0.754. The third-order valence-electron chi connectivity index (χ3n) is 1.88. The predicted octanol–water partition coefficient (Wildman–Crippen LogP) is 2.72. The lowest BCUT2D eigenvalue weighted by atomic mass is 10.3. The van der Waals surface area contributed by atoms with Gasteiger partial charge >= 0.3 is 0 Å². The van der Waals surface area contributed by atoms with Gasteiger partial charge in [0, 0.05) is 12.4 Å². The van der Waals surface area contributed by atoms with E-state index >= 15 is 0 Å². The number of hydrogen-bond donors (Lipinski definition) is 0. The van der Waals surface area contributed by atoms with Gasteiger partial charge < -0.3 is 4.74 Å². The van der Waals surface area contributed by atoms with Gasteiger partial charge in [0.1, 0.15) is 0 Å². The van der Waals surface area contributed by atoms with Crippen LogP contribution in [-0.4, -0.2) is 9.97 Å². The number of para-hydroxylation sites is 1. The lowest BCUT2D eigenvalue weighted by molar-refractivity contribution is 0.422. The Morgan fingerprint density at radius 1 is 1.13 bits per heavy atom. The number of aromatic nitrogens is 2. The van der Waals surface area contributed by atoms with Gasteiger partial charge in [-0.2, -0.15) is 0 Å². The summed E-state index contributed by atoms with van der Waals surface area (Å²) in [6, 6.07) is 6.18. The summed E-state index contributed by atoms with van der Waals surface area (Å²) in [4.78, 5) is 7.96. The average Bonchev–Trinajstić information content (AvgIpc) is 2.24. The van der Waals surface area contributed by atoms with Gasteiger partial charge in [0.05, 0.1) is 5.69 Å². The van der Waals surface area contributed by atoms with Gasteiger partial charge in [0.25, 0.3) is 0 Å². The van der Waals surface area contributed by atoms with Gasteiger partial charge in [-0.3, -0.25) is 4.98 Å². The molecule has 4 heteroatoms. The maximum absolute atomic E-state index is 13.2. The summed E-state index contributed by atoms with van der Waals surface area (Å²) >= 11 is 0. The van der Waals surface area contributed by atoms with Crippen LogP contribution in [0.15, 0.2) is 36.7 Å². The van der Waals surface area contributed by atoms with E-state index in [-0.39, 0.29) is 5.75 Å². The van der Waals surface area contributed by atoms with Crippen LogP contribution >= 0.6 is 0 Å². The largest absolute Gasteiger partial charge is 0.434 e. The third kappa shape index (κ3) is 2.10. The first-order valence-corrected chi connectivity index (χ1v) is 4.47. The van der Waals surface area contributed by atoms with Gasteiger partial charge in [-0.05, 0) is 19.1 Å². The van der Waals surface area contributed by atoms with Crippen molar-refractivity contribution in [2.45, 2.75) is 6.92 Å². The molecular weight excluding hydrogens is 195 g/mol. The molecule has 76 valence electrons. The predicted molar refractivity (Wildman–Crippen MR) is 53.2 cm³/mol. The smallest absolute Gasteiger partial charge is 0.240 e. The van der Waals surface area contributed by atoms with Gasteiger partial charge in [0.2, 0.25) is 5.88 Å². The zero-order valence-corrected chi connectivity index (χ0v) is 8.14. The molecule has 1 heterocycles. The number of aryl methyl sites for hydroxylation is 1. The van der Waals surface area contributed by atoms with Crippen LogP contribution < -0.4 is 4.74 Å². The van der Waals surface area contributed by atoms with Crippen molar-refractivity contribution in [3.05, 3.63) is 48.2 Å². The Balaban J connectivity index is 2.30. The van der Waals surface area contributed by atoms with Crippen molar-refractivity contribution < 1.29 is 9.13 Å². The van der Waals surface area contributed by atoms with Crippen LogP contribution in [0.1, 0.15) is 5.69 Å². The van der Waals surface area contributed by atoms with Crippen molar-refractivity contribution in [2.24, 2.45) is 0 Å². The van der Waals surface area contributed by atoms with Crippen LogP contribution in [0.25, 0.3) is 0 Å². The van der Waals surface area contributed by atoms with E-state index in [1.807, 2.05) is 0 Å². The van der Waals surface area contributed by atoms with E-state index in [0.29, 0.717) is 11.6 Å². The molecule has 1 aromatic carbocycles. The Morgan fingerprint density at radius 2 is 1.87 bits per heavy atom. The molecule has 0 aliphatic carbocycles. The molecule has 0 saturated carbocycles. The van der Waals surface area contributed by atoms with E-state index in [9.17, 15) is 4.39 Å². The minimum Gasteiger partial charge on any atom is -0.434 e. The van der Waals surface area contributed by atoms with Crippen molar-refractivity contribution in [2.75, 3.05) is 0 Å². The fourth-order valence-corrected chi connectivity index (χ4v) is 1.13. The molecule has 0 unspecified atom stereocenters. The van der Waals surface area contributed by atoms with E-state index in [2.05, 4.69) is 9.97 Å². The molecule has 0 bridgehead atoms. The normalized spacial score (nSPS) is 10.0. The van der Waals surface area contributed by atoms with Crippen LogP contribution in [0, 0.1) is 12.7 Å². The number of hydrogen-bond acceptors (Lipinski definition) is 3. The van der Waals surface area contributed by atoms with Crippen molar-refractivity contribution >= 4 is 0 Å². The minimum atomic E-state index is -0.414. The summed E-state index contributed by atoms with van der Waals surface area (Å²) in [6.45, 7) is 1.75. The number of nitrogens with zero attached hydrogens (tertiary/aromatic N) is 2. The van der Waals surface area contributed by atoms with Crippen molar-refractivity contribution in [1.29, 1.82) is 0 Å². The first-order chi connectivity index (χ1) is 7.27. The highest BCUT2D eigenvalue weighted by Gasteiger charge is 2.06. The van der Waals surface area contributed by atoms with Crippen LogP contribution in [0.4, 0.5) is 4.39 Å². The highest BCUT2D eigenvalue weighted by atomic mass is 19.1. The van der Waals surface area contributed by atoms with Gasteiger partial charge in [-0.25, -0.2) is 9.37 Å². The summed E-state index contributed by atoms with van der Waals surface area (Å²) < 4.78 is 18.5. The molecule has 0 saturated heterocycles. The first kappa shape index (κ1) is 9.58. The maximum atomic E-state index is 13.2. The molecule has 0 radical (unpaired) electrons. The summed E-state index contributed by atoms with van der Waals surface area (Å²) in [6.07, 6.45) is 3.06. The standard InChI is InChI=1S/C11H9FN2O/c1-8-11(14-7-6-13-8)15-10-5-3-2-4-9(10)12/h2-7H,1H3. The van der Waals surface area contributed by atoms with Gasteiger partial charge in [-0.15, -0.1) is 0 Å². The maximum Gasteiger partial charge on any atom is 0.240 e. The van der Waals surface area contributed by atoms with Crippen molar-refractivity contribution in [3.8, 4) is 11.6 Å². The summed E-state index contributed by atoms with van der Waals surface area (Å²) in [5.74, 6) is 0.0613. The van der Waals surface area contributed by atoms with Crippen LogP contribution in [0.5, 0.6) is 11.6 Å². The molecule has 0 fully saturated rings. The number of benzene rings is 1. The number of halogens is 1.